The molecule has 1 aromatic heterocycles. The minimum Gasteiger partial charge on any atom is -0.476 e. The lowest BCUT2D eigenvalue weighted by molar-refractivity contribution is 0.0691. The largest absolute Gasteiger partial charge is 0.476 e. The predicted molar refractivity (Wildman–Crippen MR) is 72.3 cm³/mol. The van der Waals surface area contributed by atoms with Gasteiger partial charge in [-0.25, -0.2) is 9.78 Å². The number of hydrogen-bond donors (Lipinski definition) is 2. The second-order valence-corrected chi connectivity index (χ2v) is 4.82. The zero-order valence-corrected chi connectivity index (χ0v) is 10.9. The zero-order chi connectivity index (χ0) is 13.8. The Morgan fingerprint density at radius 1 is 1.47 bits per heavy atom. The molecule has 0 aliphatic carbocycles. The molecule has 1 atom stereocenters. The number of nitrogens with one attached hydrogen (secondary N) is 1. The van der Waals surface area contributed by atoms with Gasteiger partial charge in [0.15, 0.2) is 5.69 Å². The number of aromatic nitrogens is 1. The Morgan fingerprint density at radius 3 is 2.68 bits per heavy atom. The number of thiazole rings is 1. The van der Waals surface area contributed by atoms with Gasteiger partial charge in [0, 0.05) is 11.1 Å². The van der Waals surface area contributed by atoms with Crippen molar-refractivity contribution in [1.82, 2.24) is 4.98 Å². The maximum absolute atomic E-state index is 10.8. The van der Waals surface area contributed by atoms with Gasteiger partial charge in [0.25, 0.3) is 0 Å². The summed E-state index contributed by atoms with van der Waals surface area (Å²) in [7, 11) is 0. The van der Waals surface area contributed by atoms with Crippen molar-refractivity contribution in [3.05, 3.63) is 45.9 Å². The van der Waals surface area contributed by atoms with Gasteiger partial charge >= 0.3 is 5.97 Å². The maximum atomic E-state index is 10.8. The van der Waals surface area contributed by atoms with Gasteiger partial charge in [-0.15, -0.1) is 11.3 Å². The summed E-state index contributed by atoms with van der Waals surface area (Å²) in [5.41, 5.74) is 1.52. The topological polar surface area (TPSA) is 86.0 Å². The highest BCUT2D eigenvalue weighted by molar-refractivity contribution is 7.09. The lowest BCUT2D eigenvalue weighted by Gasteiger charge is -2.12. The lowest BCUT2D eigenvalue weighted by Crippen LogP contribution is -2.07. The van der Waals surface area contributed by atoms with Crippen molar-refractivity contribution in [2.45, 2.75) is 13.0 Å². The normalized spacial score (nSPS) is 11.6. The summed E-state index contributed by atoms with van der Waals surface area (Å²) in [5, 5.41) is 23.0. The molecular formula is C13H11N3O2S. The van der Waals surface area contributed by atoms with Gasteiger partial charge < -0.3 is 10.4 Å². The minimum atomic E-state index is -1.02. The molecule has 0 saturated carbocycles. The summed E-state index contributed by atoms with van der Waals surface area (Å²) < 4.78 is 0. The van der Waals surface area contributed by atoms with Crippen molar-refractivity contribution >= 4 is 23.0 Å². The van der Waals surface area contributed by atoms with Crippen LogP contribution < -0.4 is 5.32 Å². The van der Waals surface area contributed by atoms with Crippen LogP contribution in [0.1, 0.15) is 34.0 Å². The Morgan fingerprint density at radius 2 is 2.16 bits per heavy atom. The number of carboxylic acids is 1. The molecule has 19 heavy (non-hydrogen) atoms. The fraction of sp³-hybridized carbons (Fsp3) is 0.154. The molecule has 1 aromatic carbocycles. The highest BCUT2D eigenvalue weighted by Crippen LogP contribution is 2.22. The highest BCUT2D eigenvalue weighted by atomic mass is 32.1. The van der Waals surface area contributed by atoms with Crippen molar-refractivity contribution in [3.63, 3.8) is 0 Å². The Bertz CT molecular complexity index is 628. The first kappa shape index (κ1) is 13.1. The average Bonchev–Trinajstić information content (AvgIpc) is 2.89. The standard InChI is InChI=1S/C13H11N3O2S/c1-8(12-16-11(7-19-12)13(17)18)15-10-4-2-9(6-14)3-5-10/h2-5,7-8,15H,1H3,(H,17,18). The molecule has 0 aliphatic heterocycles. The second-order valence-electron chi connectivity index (χ2n) is 3.93. The van der Waals surface area contributed by atoms with Crippen LogP contribution in [0.3, 0.4) is 0 Å². The van der Waals surface area contributed by atoms with Crippen LogP contribution in [-0.4, -0.2) is 16.1 Å². The van der Waals surface area contributed by atoms with Gasteiger partial charge in [0.1, 0.15) is 5.01 Å². The molecule has 2 aromatic rings. The average molecular weight is 273 g/mol. The number of hydrogen-bond acceptors (Lipinski definition) is 5. The molecule has 2 N–H and O–H groups in total. The first-order valence-electron chi connectivity index (χ1n) is 5.55. The fourth-order valence-electron chi connectivity index (χ4n) is 1.54. The van der Waals surface area contributed by atoms with E-state index in [-0.39, 0.29) is 11.7 Å². The van der Waals surface area contributed by atoms with E-state index >= 15 is 0 Å². The molecule has 1 unspecified atom stereocenters. The van der Waals surface area contributed by atoms with Gasteiger partial charge in [-0.05, 0) is 31.2 Å². The molecule has 6 heteroatoms. The van der Waals surface area contributed by atoms with Crippen LogP contribution in [0.15, 0.2) is 29.6 Å². The molecular weight excluding hydrogens is 262 g/mol. The van der Waals surface area contributed by atoms with E-state index < -0.39 is 5.97 Å². The number of anilines is 1. The summed E-state index contributed by atoms with van der Waals surface area (Å²) in [6.45, 7) is 1.91. The summed E-state index contributed by atoms with van der Waals surface area (Å²) in [6, 6.07) is 9.02. The molecule has 1 heterocycles. The van der Waals surface area contributed by atoms with Gasteiger partial charge in [-0.2, -0.15) is 5.26 Å². The summed E-state index contributed by atoms with van der Waals surface area (Å²) in [4.78, 5) is 14.8. The molecule has 0 fully saturated rings. The molecule has 2 rings (SSSR count). The molecule has 0 saturated heterocycles. The fourth-order valence-corrected chi connectivity index (χ4v) is 2.34. The van der Waals surface area contributed by atoms with E-state index in [1.807, 2.05) is 6.92 Å². The zero-order valence-electron chi connectivity index (χ0n) is 10.1. The van der Waals surface area contributed by atoms with Gasteiger partial charge in [0.2, 0.25) is 0 Å². The van der Waals surface area contributed by atoms with Crippen LogP contribution in [0.25, 0.3) is 0 Å². The van der Waals surface area contributed by atoms with Crippen molar-refractivity contribution in [2.75, 3.05) is 5.32 Å². The predicted octanol–water partition coefficient (Wildman–Crippen LogP) is 2.89. The van der Waals surface area contributed by atoms with Crippen LogP contribution in [0, 0.1) is 11.3 Å². The van der Waals surface area contributed by atoms with Crippen molar-refractivity contribution in [2.24, 2.45) is 0 Å². The third-order valence-corrected chi connectivity index (χ3v) is 3.54. The Kier molecular flexibility index (Phi) is 3.78. The van der Waals surface area contributed by atoms with Crippen LogP contribution >= 0.6 is 11.3 Å². The van der Waals surface area contributed by atoms with Crippen molar-refractivity contribution < 1.29 is 9.90 Å². The number of nitriles is 1. The minimum absolute atomic E-state index is 0.0634. The third-order valence-electron chi connectivity index (χ3n) is 2.51. The third kappa shape index (κ3) is 3.09. The number of carbonyl (C=O) groups is 1. The van der Waals surface area contributed by atoms with E-state index in [9.17, 15) is 4.79 Å². The number of rotatable bonds is 4. The Labute approximate surface area is 114 Å². The molecule has 96 valence electrons. The number of benzene rings is 1. The van der Waals surface area contributed by atoms with Crippen molar-refractivity contribution in [3.8, 4) is 6.07 Å². The molecule has 0 amide bonds. The number of aromatic carboxylic acids is 1. The monoisotopic (exact) mass is 273 g/mol. The molecule has 0 bridgehead atoms. The molecule has 5 nitrogen and oxygen atoms in total. The Balaban J connectivity index is 2.09. The highest BCUT2D eigenvalue weighted by Gasteiger charge is 2.13. The first-order chi connectivity index (χ1) is 9.10. The molecule has 0 aliphatic rings. The van der Waals surface area contributed by atoms with Gasteiger partial charge in [-0.3, -0.25) is 0 Å². The van der Waals surface area contributed by atoms with Gasteiger partial charge in [0.05, 0.1) is 17.7 Å². The SMILES string of the molecule is CC(Nc1ccc(C#N)cc1)c1nc(C(=O)O)cs1. The lowest BCUT2D eigenvalue weighted by atomic mass is 10.2. The van der Waals surface area contributed by atoms with E-state index in [4.69, 9.17) is 10.4 Å². The quantitative estimate of drug-likeness (QED) is 0.894. The Hall–Kier alpha value is -2.39. The van der Waals surface area contributed by atoms with Crippen LogP contribution in [0.5, 0.6) is 0 Å². The smallest absolute Gasteiger partial charge is 0.355 e. The second kappa shape index (κ2) is 5.50. The molecule has 0 spiro atoms. The van der Waals surface area contributed by atoms with Crippen LogP contribution in [-0.2, 0) is 0 Å². The van der Waals surface area contributed by atoms with Crippen molar-refractivity contribution in [1.29, 1.82) is 5.26 Å². The summed E-state index contributed by atoms with van der Waals surface area (Å²) >= 11 is 1.31. The van der Waals surface area contributed by atoms with E-state index in [1.54, 1.807) is 24.3 Å². The van der Waals surface area contributed by atoms with Crippen LogP contribution in [0.4, 0.5) is 5.69 Å². The summed E-state index contributed by atoms with van der Waals surface area (Å²) in [6.07, 6.45) is 0. The van der Waals surface area contributed by atoms with E-state index in [0.29, 0.717) is 10.6 Å². The van der Waals surface area contributed by atoms with E-state index in [0.717, 1.165) is 5.69 Å². The van der Waals surface area contributed by atoms with Gasteiger partial charge in [-0.1, -0.05) is 0 Å². The summed E-state index contributed by atoms with van der Waals surface area (Å²) in [5.74, 6) is -1.02. The maximum Gasteiger partial charge on any atom is 0.355 e. The first-order valence-corrected chi connectivity index (χ1v) is 6.43. The number of nitrogens with zero attached hydrogens (tertiary/aromatic N) is 2. The van der Waals surface area contributed by atoms with Crippen LogP contribution in [0.2, 0.25) is 0 Å². The van der Waals surface area contributed by atoms with E-state index in [2.05, 4.69) is 16.4 Å². The molecule has 0 radical (unpaired) electrons. The number of carboxylic acid groups (broad SMARTS) is 1. The van der Waals surface area contributed by atoms with E-state index in [1.165, 1.54) is 16.7 Å².